The SMILES string of the molecule is CCCC(C)NC(=O)C(C)Oc1ccc([C@@H](C)N)c(F)c1. The second-order valence-electron chi connectivity index (χ2n) is 5.43. The van der Waals surface area contributed by atoms with Gasteiger partial charge < -0.3 is 15.8 Å². The van der Waals surface area contributed by atoms with Gasteiger partial charge in [-0.05, 0) is 33.3 Å². The van der Waals surface area contributed by atoms with Crippen LogP contribution in [0.1, 0.15) is 52.1 Å². The summed E-state index contributed by atoms with van der Waals surface area (Å²) in [6, 6.07) is 4.19. The Kier molecular flexibility index (Phi) is 6.62. The van der Waals surface area contributed by atoms with Crippen LogP contribution < -0.4 is 15.8 Å². The number of rotatable bonds is 7. The molecule has 3 atom stereocenters. The van der Waals surface area contributed by atoms with E-state index in [-0.39, 0.29) is 18.0 Å². The fraction of sp³-hybridized carbons (Fsp3) is 0.562. The summed E-state index contributed by atoms with van der Waals surface area (Å²) in [5.41, 5.74) is 6.08. The van der Waals surface area contributed by atoms with Crippen LogP contribution in [0, 0.1) is 5.82 Å². The summed E-state index contributed by atoms with van der Waals surface area (Å²) in [5.74, 6) is -0.301. The van der Waals surface area contributed by atoms with E-state index in [2.05, 4.69) is 12.2 Å². The molecule has 1 amide bonds. The molecule has 1 rings (SSSR count). The van der Waals surface area contributed by atoms with Gasteiger partial charge in [0.2, 0.25) is 0 Å². The van der Waals surface area contributed by atoms with Crippen molar-refractivity contribution in [1.82, 2.24) is 5.32 Å². The molecule has 0 heterocycles. The van der Waals surface area contributed by atoms with Crippen LogP contribution in [0.4, 0.5) is 4.39 Å². The highest BCUT2D eigenvalue weighted by atomic mass is 19.1. The van der Waals surface area contributed by atoms with E-state index in [1.807, 2.05) is 6.92 Å². The van der Waals surface area contributed by atoms with Crippen molar-refractivity contribution in [3.05, 3.63) is 29.6 Å². The number of ether oxygens (including phenoxy) is 1. The van der Waals surface area contributed by atoms with E-state index in [0.717, 1.165) is 12.8 Å². The number of benzene rings is 1. The van der Waals surface area contributed by atoms with Crippen LogP contribution in [0.3, 0.4) is 0 Å². The van der Waals surface area contributed by atoms with Crippen molar-refractivity contribution in [3.63, 3.8) is 0 Å². The summed E-state index contributed by atoms with van der Waals surface area (Å²) in [6.45, 7) is 7.37. The number of halogens is 1. The molecule has 5 heteroatoms. The zero-order valence-corrected chi connectivity index (χ0v) is 13.2. The van der Waals surface area contributed by atoms with Gasteiger partial charge in [0.25, 0.3) is 5.91 Å². The second kappa shape index (κ2) is 7.98. The lowest BCUT2D eigenvalue weighted by Crippen LogP contribution is -2.41. The molecule has 21 heavy (non-hydrogen) atoms. The van der Waals surface area contributed by atoms with Crippen LogP contribution in [-0.2, 0) is 4.79 Å². The molecule has 0 aromatic heterocycles. The minimum atomic E-state index is -0.676. The Bertz CT molecular complexity index is 477. The topological polar surface area (TPSA) is 64.3 Å². The molecule has 0 bridgehead atoms. The van der Waals surface area contributed by atoms with E-state index in [0.29, 0.717) is 11.3 Å². The zero-order valence-electron chi connectivity index (χ0n) is 13.2. The summed E-state index contributed by atoms with van der Waals surface area (Å²) in [7, 11) is 0. The lowest BCUT2D eigenvalue weighted by molar-refractivity contribution is -0.127. The number of hydrogen-bond donors (Lipinski definition) is 2. The first-order valence-corrected chi connectivity index (χ1v) is 7.37. The Balaban J connectivity index is 2.64. The largest absolute Gasteiger partial charge is 0.481 e. The van der Waals surface area contributed by atoms with Crippen molar-refractivity contribution in [1.29, 1.82) is 0 Å². The van der Waals surface area contributed by atoms with E-state index in [9.17, 15) is 9.18 Å². The van der Waals surface area contributed by atoms with E-state index in [1.54, 1.807) is 26.0 Å². The number of amides is 1. The molecule has 1 aromatic carbocycles. The molecule has 0 radical (unpaired) electrons. The van der Waals surface area contributed by atoms with E-state index in [4.69, 9.17) is 10.5 Å². The van der Waals surface area contributed by atoms with Crippen molar-refractivity contribution < 1.29 is 13.9 Å². The average molecular weight is 296 g/mol. The lowest BCUT2D eigenvalue weighted by Gasteiger charge is -2.19. The van der Waals surface area contributed by atoms with Crippen LogP contribution in [0.5, 0.6) is 5.75 Å². The summed E-state index contributed by atoms with van der Waals surface area (Å²) in [4.78, 5) is 11.9. The molecule has 0 aliphatic carbocycles. The van der Waals surface area contributed by atoms with Crippen LogP contribution in [0.15, 0.2) is 18.2 Å². The third-order valence-corrected chi connectivity index (χ3v) is 3.25. The fourth-order valence-electron chi connectivity index (χ4n) is 2.07. The quantitative estimate of drug-likeness (QED) is 0.813. The Hall–Kier alpha value is -1.62. The lowest BCUT2D eigenvalue weighted by atomic mass is 10.1. The van der Waals surface area contributed by atoms with Crippen molar-refractivity contribution >= 4 is 5.91 Å². The molecule has 0 saturated heterocycles. The van der Waals surface area contributed by atoms with Gasteiger partial charge in [0, 0.05) is 23.7 Å². The smallest absolute Gasteiger partial charge is 0.260 e. The Morgan fingerprint density at radius 2 is 2.05 bits per heavy atom. The Labute approximate surface area is 125 Å². The summed E-state index contributed by atoms with van der Waals surface area (Å²) in [5, 5.41) is 2.87. The Morgan fingerprint density at radius 3 is 2.57 bits per heavy atom. The third-order valence-electron chi connectivity index (χ3n) is 3.25. The second-order valence-corrected chi connectivity index (χ2v) is 5.43. The summed E-state index contributed by atoms with van der Waals surface area (Å²) >= 11 is 0. The molecule has 0 spiro atoms. The molecule has 0 aliphatic rings. The van der Waals surface area contributed by atoms with Gasteiger partial charge in [-0.25, -0.2) is 4.39 Å². The van der Waals surface area contributed by atoms with Crippen LogP contribution >= 0.6 is 0 Å². The van der Waals surface area contributed by atoms with E-state index < -0.39 is 11.9 Å². The molecule has 4 nitrogen and oxygen atoms in total. The number of hydrogen-bond acceptors (Lipinski definition) is 3. The number of nitrogens with two attached hydrogens (primary N) is 1. The fourth-order valence-corrected chi connectivity index (χ4v) is 2.07. The molecule has 2 unspecified atom stereocenters. The highest BCUT2D eigenvalue weighted by Gasteiger charge is 2.17. The maximum absolute atomic E-state index is 13.8. The predicted octanol–water partition coefficient (Wildman–Crippen LogP) is 2.92. The molecular weight excluding hydrogens is 271 g/mol. The maximum Gasteiger partial charge on any atom is 0.260 e. The summed E-state index contributed by atoms with van der Waals surface area (Å²) in [6.07, 6.45) is 1.24. The standard InChI is InChI=1S/C16H25FN2O2/c1-5-6-10(2)19-16(20)12(4)21-13-7-8-14(11(3)18)15(17)9-13/h7-12H,5-6,18H2,1-4H3,(H,19,20)/t10?,11-,12?/m1/s1. The minimum Gasteiger partial charge on any atom is -0.481 e. The molecule has 118 valence electrons. The van der Waals surface area contributed by atoms with Crippen LogP contribution in [0.2, 0.25) is 0 Å². The Morgan fingerprint density at radius 1 is 1.38 bits per heavy atom. The van der Waals surface area contributed by atoms with Gasteiger partial charge in [-0.15, -0.1) is 0 Å². The van der Waals surface area contributed by atoms with Gasteiger partial charge in [-0.1, -0.05) is 19.4 Å². The van der Waals surface area contributed by atoms with Crippen LogP contribution in [0.25, 0.3) is 0 Å². The van der Waals surface area contributed by atoms with Gasteiger partial charge in [-0.3, -0.25) is 4.79 Å². The van der Waals surface area contributed by atoms with Gasteiger partial charge in [0.15, 0.2) is 6.10 Å². The number of carbonyl (C=O) groups is 1. The first kappa shape index (κ1) is 17.4. The molecule has 0 fully saturated rings. The van der Waals surface area contributed by atoms with Crippen molar-refractivity contribution in [2.75, 3.05) is 0 Å². The molecule has 0 aliphatic heterocycles. The monoisotopic (exact) mass is 296 g/mol. The van der Waals surface area contributed by atoms with Gasteiger partial charge in [0.05, 0.1) is 0 Å². The van der Waals surface area contributed by atoms with E-state index in [1.165, 1.54) is 6.07 Å². The highest BCUT2D eigenvalue weighted by Crippen LogP contribution is 2.21. The number of nitrogens with one attached hydrogen (secondary N) is 1. The zero-order chi connectivity index (χ0) is 16.0. The van der Waals surface area contributed by atoms with Crippen LogP contribution in [-0.4, -0.2) is 18.1 Å². The first-order valence-electron chi connectivity index (χ1n) is 7.37. The molecule has 0 saturated carbocycles. The summed E-state index contributed by atoms with van der Waals surface area (Å²) < 4.78 is 19.3. The predicted molar refractivity (Wildman–Crippen MR) is 81.6 cm³/mol. The minimum absolute atomic E-state index is 0.103. The third kappa shape index (κ3) is 5.34. The average Bonchev–Trinajstić information content (AvgIpc) is 2.38. The normalized spacial score (nSPS) is 15.1. The maximum atomic E-state index is 13.8. The molecule has 1 aromatic rings. The van der Waals surface area contributed by atoms with Gasteiger partial charge in [-0.2, -0.15) is 0 Å². The highest BCUT2D eigenvalue weighted by molar-refractivity contribution is 5.80. The number of carbonyl (C=O) groups excluding carboxylic acids is 1. The first-order chi connectivity index (χ1) is 9.85. The molecule has 3 N–H and O–H groups in total. The van der Waals surface area contributed by atoms with Crippen molar-refractivity contribution in [2.45, 2.75) is 58.7 Å². The van der Waals surface area contributed by atoms with Crippen molar-refractivity contribution in [3.8, 4) is 5.75 Å². The van der Waals surface area contributed by atoms with Crippen molar-refractivity contribution in [2.24, 2.45) is 5.73 Å². The van der Waals surface area contributed by atoms with E-state index >= 15 is 0 Å². The van der Waals surface area contributed by atoms with Gasteiger partial charge in [0.1, 0.15) is 11.6 Å². The molecular formula is C16H25FN2O2. The van der Waals surface area contributed by atoms with Gasteiger partial charge >= 0.3 is 0 Å².